The molecule has 0 spiro atoms. The minimum atomic E-state index is 0.458. The van der Waals surface area contributed by atoms with Gasteiger partial charge in [-0.25, -0.2) is 0 Å². The van der Waals surface area contributed by atoms with E-state index in [4.69, 9.17) is 11.6 Å². The SMILES string of the molecule is CCC(CC)CC1CCC(Cl)C1C. The molecule has 1 aliphatic rings. The van der Waals surface area contributed by atoms with Crippen LogP contribution in [0.4, 0.5) is 0 Å². The van der Waals surface area contributed by atoms with Gasteiger partial charge in [0.25, 0.3) is 0 Å². The first-order chi connectivity index (χ1) is 6.19. The van der Waals surface area contributed by atoms with Crippen molar-refractivity contribution in [2.75, 3.05) is 0 Å². The van der Waals surface area contributed by atoms with Crippen LogP contribution in [0.1, 0.15) is 52.9 Å². The molecule has 0 saturated heterocycles. The van der Waals surface area contributed by atoms with Crippen molar-refractivity contribution in [1.29, 1.82) is 0 Å². The fraction of sp³-hybridized carbons (Fsp3) is 1.00. The first-order valence-electron chi connectivity index (χ1n) is 5.83. The third-order valence-corrected chi connectivity index (χ3v) is 4.53. The summed E-state index contributed by atoms with van der Waals surface area (Å²) in [7, 11) is 0. The van der Waals surface area contributed by atoms with Crippen LogP contribution in [0.25, 0.3) is 0 Å². The predicted molar refractivity (Wildman–Crippen MR) is 60.2 cm³/mol. The van der Waals surface area contributed by atoms with E-state index in [0.29, 0.717) is 5.38 Å². The van der Waals surface area contributed by atoms with Crippen molar-refractivity contribution in [2.24, 2.45) is 17.8 Å². The quantitative estimate of drug-likeness (QED) is 0.591. The minimum Gasteiger partial charge on any atom is -0.123 e. The third-order valence-electron chi connectivity index (χ3n) is 3.92. The van der Waals surface area contributed by atoms with Crippen LogP contribution in [-0.4, -0.2) is 5.38 Å². The summed E-state index contributed by atoms with van der Waals surface area (Å²) in [6.07, 6.45) is 6.70. The van der Waals surface area contributed by atoms with Gasteiger partial charge in [0.05, 0.1) is 0 Å². The number of hydrogen-bond donors (Lipinski definition) is 0. The van der Waals surface area contributed by atoms with Crippen molar-refractivity contribution in [1.82, 2.24) is 0 Å². The Balaban J connectivity index is 2.36. The topological polar surface area (TPSA) is 0 Å². The van der Waals surface area contributed by atoms with E-state index in [-0.39, 0.29) is 0 Å². The van der Waals surface area contributed by atoms with Crippen molar-refractivity contribution >= 4 is 11.6 Å². The van der Waals surface area contributed by atoms with E-state index < -0.39 is 0 Å². The molecular weight excluding hydrogens is 180 g/mol. The van der Waals surface area contributed by atoms with E-state index >= 15 is 0 Å². The Labute approximate surface area is 88.1 Å². The second-order valence-electron chi connectivity index (χ2n) is 4.63. The second kappa shape index (κ2) is 5.24. The molecule has 0 bridgehead atoms. The smallest absolute Gasteiger partial charge is 0.0364 e. The minimum absolute atomic E-state index is 0.458. The van der Waals surface area contributed by atoms with Gasteiger partial charge in [-0.05, 0) is 37.0 Å². The molecule has 0 nitrogen and oxygen atoms in total. The second-order valence-corrected chi connectivity index (χ2v) is 5.19. The highest BCUT2D eigenvalue weighted by Gasteiger charge is 2.31. The first kappa shape index (κ1) is 11.4. The summed E-state index contributed by atoms with van der Waals surface area (Å²) in [6.45, 7) is 6.95. The molecule has 1 rings (SSSR count). The number of rotatable bonds is 4. The van der Waals surface area contributed by atoms with E-state index in [1.807, 2.05) is 0 Å². The zero-order valence-corrected chi connectivity index (χ0v) is 9.98. The number of alkyl halides is 1. The number of halogens is 1. The van der Waals surface area contributed by atoms with Gasteiger partial charge < -0.3 is 0 Å². The summed E-state index contributed by atoms with van der Waals surface area (Å²) in [5, 5.41) is 0.458. The lowest BCUT2D eigenvalue weighted by molar-refractivity contribution is 0.307. The van der Waals surface area contributed by atoms with Gasteiger partial charge in [0, 0.05) is 5.38 Å². The summed E-state index contributed by atoms with van der Waals surface area (Å²) in [6, 6.07) is 0. The highest BCUT2D eigenvalue weighted by Crippen LogP contribution is 2.39. The van der Waals surface area contributed by atoms with Crippen molar-refractivity contribution < 1.29 is 0 Å². The lowest BCUT2D eigenvalue weighted by Gasteiger charge is -2.22. The molecule has 0 aliphatic heterocycles. The van der Waals surface area contributed by atoms with E-state index in [1.54, 1.807) is 0 Å². The molecule has 1 fully saturated rings. The molecule has 0 aromatic heterocycles. The highest BCUT2D eigenvalue weighted by molar-refractivity contribution is 6.20. The van der Waals surface area contributed by atoms with Crippen LogP contribution in [0.15, 0.2) is 0 Å². The summed E-state index contributed by atoms with van der Waals surface area (Å²) >= 11 is 6.23. The maximum absolute atomic E-state index is 6.23. The molecule has 0 aromatic carbocycles. The monoisotopic (exact) mass is 202 g/mol. The third kappa shape index (κ3) is 2.87. The van der Waals surface area contributed by atoms with Crippen LogP contribution in [-0.2, 0) is 0 Å². The Bertz CT molecular complexity index is 140. The molecule has 0 N–H and O–H groups in total. The molecule has 13 heavy (non-hydrogen) atoms. The zero-order valence-electron chi connectivity index (χ0n) is 9.22. The van der Waals surface area contributed by atoms with Gasteiger partial charge in [0.1, 0.15) is 0 Å². The molecule has 3 unspecified atom stereocenters. The van der Waals surface area contributed by atoms with Crippen LogP contribution in [0.5, 0.6) is 0 Å². The average molecular weight is 203 g/mol. The zero-order chi connectivity index (χ0) is 9.84. The largest absolute Gasteiger partial charge is 0.123 e. The van der Waals surface area contributed by atoms with Gasteiger partial charge in [-0.1, -0.05) is 33.6 Å². The molecule has 78 valence electrons. The predicted octanol–water partition coefficient (Wildman–Crippen LogP) is 4.47. The molecule has 1 heteroatoms. The van der Waals surface area contributed by atoms with Crippen LogP contribution >= 0.6 is 11.6 Å². The van der Waals surface area contributed by atoms with Gasteiger partial charge in [0.2, 0.25) is 0 Å². The van der Waals surface area contributed by atoms with E-state index in [1.165, 1.54) is 32.1 Å². The van der Waals surface area contributed by atoms with Gasteiger partial charge in [-0.2, -0.15) is 0 Å². The van der Waals surface area contributed by atoms with Gasteiger partial charge in [0.15, 0.2) is 0 Å². The van der Waals surface area contributed by atoms with Crippen molar-refractivity contribution in [3.05, 3.63) is 0 Å². The van der Waals surface area contributed by atoms with E-state index in [2.05, 4.69) is 20.8 Å². The van der Waals surface area contributed by atoms with Gasteiger partial charge in [-0.3, -0.25) is 0 Å². The molecule has 0 radical (unpaired) electrons. The van der Waals surface area contributed by atoms with Crippen LogP contribution in [0, 0.1) is 17.8 Å². The molecule has 3 atom stereocenters. The standard InChI is InChI=1S/C12H23Cl/c1-4-10(5-2)8-11-6-7-12(13)9(11)3/h9-12H,4-8H2,1-3H3. The maximum Gasteiger partial charge on any atom is 0.0364 e. The Kier molecular flexibility index (Phi) is 4.58. The maximum atomic E-state index is 6.23. The Morgan fingerprint density at radius 3 is 2.23 bits per heavy atom. The van der Waals surface area contributed by atoms with Crippen LogP contribution in [0.3, 0.4) is 0 Å². The Morgan fingerprint density at radius 1 is 1.23 bits per heavy atom. The molecule has 1 saturated carbocycles. The van der Waals surface area contributed by atoms with Crippen molar-refractivity contribution in [3.63, 3.8) is 0 Å². The first-order valence-corrected chi connectivity index (χ1v) is 6.26. The fourth-order valence-corrected chi connectivity index (χ4v) is 2.91. The highest BCUT2D eigenvalue weighted by atomic mass is 35.5. The van der Waals surface area contributed by atoms with E-state index in [9.17, 15) is 0 Å². The van der Waals surface area contributed by atoms with Crippen molar-refractivity contribution in [3.8, 4) is 0 Å². The summed E-state index contributed by atoms with van der Waals surface area (Å²) in [5.41, 5.74) is 0. The fourth-order valence-electron chi connectivity index (χ4n) is 2.58. The molecule has 0 amide bonds. The van der Waals surface area contributed by atoms with Crippen LogP contribution < -0.4 is 0 Å². The molecule has 0 aromatic rings. The Morgan fingerprint density at radius 2 is 1.85 bits per heavy atom. The normalized spacial score (nSPS) is 34.4. The van der Waals surface area contributed by atoms with Crippen LogP contribution in [0.2, 0.25) is 0 Å². The summed E-state index contributed by atoms with van der Waals surface area (Å²) in [4.78, 5) is 0. The van der Waals surface area contributed by atoms with E-state index in [0.717, 1.165) is 17.8 Å². The lowest BCUT2D eigenvalue weighted by atomic mass is 9.85. The average Bonchev–Trinajstić information content (AvgIpc) is 2.45. The summed E-state index contributed by atoms with van der Waals surface area (Å²) in [5.74, 6) is 2.60. The molecule has 1 aliphatic carbocycles. The van der Waals surface area contributed by atoms with Gasteiger partial charge >= 0.3 is 0 Å². The summed E-state index contributed by atoms with van der Waals surface area (Å²) < 4.78 is 0. The molecule has 0 heterocycles. The molecular formula is C12H23Cl. The number of hydrogen-bond acceptors (Lipinski definition) is 0. The van der Waals surface area contributed by atoms with Crippen molar-refractivity contribution in [2.45, 2.75) is 58.3 Å². The Hall–Kier alpha value is 0.290. The van der Waals surface area contributed by atoms with Gasteiger partial charge in [-0.15, -0.1) is 11.6 Å². The lowest BCUT2D eigenvalue weighted by Crippen LogP contribution is -2.14.